The maximum Gasteiger partial charge on any atom is 0.257 e. The van der Waals surface area contributed by atoms with Crippen LogP contribution in [0.3, 0.4) is 0 Å². The number of anilines is 1. The highest BCUT2D eigenvalue weighted by atomic mass is 32.2. The summed E-state index contributed by atoms with van der Waals surface area (Å²) in [6.45, 7) is 2.73. The molecule has 0 fully saturated rings. The zero-order chi connectivity index (χ0) is 19.8. The minimum Gasteiger partial charge on any atom is -0.494 e. The summed E-state index contributed by atoms with van der Waals surface area (Å²) in [5, 5.41) is 11.3. The second-order valence-electron chi connectivity index (χ2n) is 5.97. The Bertz CT molecular complexity index is 916. The van der Waals surface area contributed by atoms with E-state index in [0.29, 0.717) is 28.8 Å². The van der Waals surface area contributed by atoms with E-state index >= 15 is 0 Å². The number of carbonyl (C=O) groups is 1. The van der Waals surface area contributed by atoms with Crippen molar-refractivity contribution in [3.63, 3.8) is 0 Å². The van der Waals surface area contributed by atoms with E-state index in [0.717, 1.165) is 22.7 Å². The molecule has 1 amide bonds. The van der Waals surface area contributed by atoms with Gasteiger partial charge >= 0.3 is 0 Å². The van der Waals surface area contributed by atoms with Crippen LogP contribution in [0.5, 0.6) is 5.75 Å². The molecule has 8 heteroatoms. The highest BCUT2D eigenvalue weighted by Crippen LogP contribution is 2.28. The maximum atomic E-state index is 12.9. The number of nitrogens with zero attached hydrogens (tertiary/aromatic N) is 2. The summed E-state index contributed by atoms with van der Waals surface area (Å²) < 4.78 is 19.3. The van der Waals surface area contributed by atoms with E-state index in [-0.39, 0.29) is 11.7 Å². The minimum absolute atomic E-state index is 0.255. The van der Waals surface area contributed by atoms with Crippen molar-refractivity contribution >= 4 is 34.1 Å². The number of hydrogen-bond donors (Lipinski definition) is 1. The maximum absolute atomic E-state index is 12.9. The third kappa shape index (κ3) is 6.03. The standard InChI is InChI=1S/C20H20FN3O2S2/c1-2-3-11-26-17-6-4-5-15(12-17)18(25)22-19-23-24-20(28-19)27-13-14-7-9-16(21)10-8-14/h4-10,12H,2-3,11,13H2,1H3,(H,22,23,25). The van der Waals surface area contributed by atoms with Gasteiger partial charge in [-0.25, -0.2) is 4.39 Å². The molecule has 28 heavy (non-hydrogen) atoms. The second-order valence-corrected chi connectivity index (χ2v) is 8.17. The number of nitrogens with one attached hydrogen (secondary N) is 1. The van der Waals surface area contributed by atoms with Crippen LogP contribution < -0.4 is 10.1 Å². The first-order valence-corrected chi connectivity index (χ1v) is 10.7. The Morgan fingerprint density at radius 2 is 2.04 bits per heavy atom. The summed E-state index contributed by atoms with van der Waals surface area (Å²) in [6, 6.07) is 13.4. The van der Waals surface area contributed by atoms with Crippen molar-refractivity contribution in [3.05, 3.63) is 65.5 Å². The van der Waals surface area contributed by atoms with E-state index in [1.54, 1.807) is 30.3 Å². The molecule has 2 aromatic carbocycles. The zero-order valence-corrected chi connectivity index (χ0v) is 17.0. The molecule has 1 heterocycles. The van der Waals surface area contributed by atoms with E-state index < -0.39 is 0 Å². The fourth-order valence-electron chi connectivity index (χ4n) is 2.28. The molecule has 0 radical (unpaired) electrons. The molecule has 0 atom stereocenters. The average Bonchev–Trinajstić information content (AvgIpc) is 3.15. The third-order valence-electron chi connectivity index (χ3n) is 3.77. The number of ether oxygens (including phenoxy) is 1. The lowest BCUT2D eigenvalue weighted by molar-refractivity contribution is 0.102. The molecule has 3 rings (SSSR count). The smallest absolute Gasteiger partial charge is 0.257 e. The normalized spacial score (nSPS) is 10.6. The van der Waals surface area contributed by atoms with E-state index in [2.05, 4.69) is 22.4 Å². The first kappa shape index (κ1) is 20.3. The molecule has 0 bridgehead atoms. The Morgan fingerprint density at radius 1 is 1.21 bits per heavy atom. The molecule has 1 aromatic heterocycles. The number of benzene rings is 2. The van der Waals surface area contributed by atoms with Crippen LogP contribution in [0.15, 0.2) is 52.9 Å². The second kappa shape index (κ2) is 10.2. The van der Waals surface area contributed by atoms with E-state index in [1.165, 1.54) is 35.2 Å². The number of hydrogen-bond acceptors (Lipinski definition) is 6. The summed E-state index contributed by atoms with van der Waals surface area (Å²) in [6.07, 6.45) is 2.03. The van der Waals surface area contributed by atoms with Gasteiger partial charge in [0.25, 0.3) is 5.91 Å². The molecular weight excluding hydrogens is 397 g/mol. The van der Waals surface area contributed by atoms with E-state index in [4.69, 9.17) is 4.74 Å². The Kier molecular flexibility index (Phi) is 7.39. The predicted molar refractivity (Wildman–Crippen MR) is 111 cm³/mol. The lowest BCUT2D eigenvalue weighted by atomic mass is 10.2. The van der Waals surface area contributed by atoms with Gasteiger partial charge in [-0.1, -0.05) is 54.6 Å². The van der Waals surface area contributed by atoms with Gasteiger partial charge in [-0.2, -0.15) is 0 Å². The average molecular weight is 418 g/mol. The quantitative estimate of drug-likeness (QED) is 0.287. The number of amides is 1. The fraction of sp³-hybridized carbons (Fsp3) is 0.250. The number of rotatable bonds is 9. The van der Waals surface area contributed by atoms with Crippen LogP contribution in [-0.4, -0.2) is 22.7 Å². The molecule has 0 saturated heterocycles. The Morgan fingerprint density at radius 3 is 2.82 bits per heavy atom. The van der Waals surface area contributed by atoms with Gasteiger partial charge < -0.3 is 4.74 Å². The molecule has 3 aromatic rings. The monoisotopic (exact) mass is 417 g/mol. The van der Waals surface area contributed by atoms with Gasteiger partial charge in [-0.3, -0.25) is 10.1 Å². The van der Waals surface area contributed by atoms with Gasteiger partial charge in [0.1, 0.15) is 11.6 Å². The summed E-state index contributed by atoms with van der Waals surface area (Å²) in [4.78, 5) is 12.4. The lowest BCUT2D eigenvalue weighted by Gasteiger charge is -2.07. The minimum atomic E-state index is -0.257. The number of thioether (sulfide) groups is 1. The molecule has 0 aliphatic heterocycles. The summed E-state index contributed by atoms with van der Waals surface area (Å²) in [7, 11) is 0. The fourth-order valence-corrected chi connectivity index (χ4v) is 3.98. The van der Waals surface area contributed by atoms with E-state index in [9.17, 15) is 9.18 Å². The first-order valence-electron chi connectivity index (χ1n) is 8.89. The molecule has 0 aliphatic carbocycles. The van der Waals surface area contributed by atoms with Crippen LogP contribution >= 0.6 is 23.1 Å². The van der Waals surface area contributed by atoms with Crippen molar-refractivity contribution in [2.75, 3.05) is 11.9 Å². The van der Waals surface area contributed by atoms with Gasteiger partial charge in [-0.05, 0) is 42.3 Å². The Hall–Kier alpha value is -2.45. The molecule has 1 N–H and O–H groups in total. The van der Waals surface area contributed by atoms with Crippen LogP contribution in [0.2, 0.25) is 0 Å². The van der Waals surface area contributed by atoms with Gasteiger partial charge in [0, 0.05) is 11.3 Å². The van der Waals surface area contributed by atoms with Crippen molar-refractivity contribution < 1.29 is 13.9 Å². The molecule has 0 unspecified atom stereocenters. The van der Waals surface area contributed by atoms with Gasteiger partial charge in [-0.15, -0.1) is 10.2 Å². The van der Waals surface area contributed by atoms with Crippen LogP contribution in [0.4, 0.5) is 9.52 Å². The predicted octanol–water partition coefficient (Wildman–Crippen LogP) is 5.40. The zero-order valence-electron chi connectivity index (χ0n) is 15.4. The van der Waals surface area contributed by atoms with Gasteiger partial charge in [0.15, 0.2) is 4.34 Å². The molecule has 0 spiro atoms. The van der Waals surface area contributed by atoms with Crippen LogP contribution in [0.25, 0.3) is 0 Å². The largest absolute Gasteiger partial charge is 0.494 e. The summed E-state index contributed by atoms with van der Waals surface area (Å²) in [5.41, 5.74) is 1.50. The van der Waals surface area contributed by atoms with Crippen molar-refractivity contribution in [1.29, 1.82) is 0 Å². The summed E-state index contributed by atoms with van der Waals surface area (Å²) >= 11 is 2.79. The number of unbranched alkanes of at least 4 members (excludes halogenated alkanes) is 1. The number of aromatic nitrogens is 2. The summed E-state index contributed by atoms with van der Waals surface area (Å²) in [5.74, 6) is 0.815. The Labute approximate surface area is 171 Å². The van der Waals surface area contributed by atoms with Crippen LogP contribution in [0, 0.1) is 5.82 Å². The first-order chi connectivity index (χ1) is 13.6. The third-order valence-corrected chi connectivity index (χ3v) is 5.81. The van der Waals surface area contributed by atoms with Crippen LogP contribution in [0.1, 0.15) is 35.7 Å². The molecule has 0 saturated carbocycles. The van der Waals surface area contributed by atoms with E-state index in [1.807, 2.05) is 6.07 Å². The highest BCUT2D eigenvalue weighted by molar-refractivity contribution is 8.00. The van der Waals surface area contributed by atoms with Gasteiger partial charge in [0.2, 0.25) is 5.13 Å². The van der Waals surface area contributed by atoms with Gasteiger partial charge in [0.05, 0.1) is 6.61 Å². The lowest BCUT2D eigenvalue weighted by Crippen LogP contribution is -2.11. The highest BCUT2D eigenvalue weighted by Gasteiger charge is 2.11. The van der Waals surface area contributed by atoms with Crippen molar-refractivity contribution in [2.45, 2.75) is 29.9 Å². The van der Waals surface area contributed by atoms with Crippen molar-refractivity contribution in [3.8, 4) is 5.75 Å². The molecule has 146 valence electrons. The van der Waals surface area contributed by atoms with Crippen LogP contribution in [-0.2, 0) is 5.75 Å². The molecule has 0 aliphatic rings. The number of halogens is 1. The molecular formula is C20H20FN3O2S2. The number of carbonyl (C=O) groups excluding carboxylic acids is 1. The van der Waals surface area contributed by atoms with Crippen molar-refractivity contribution in [2.24, 2.45) is 0 Å². The molecule has 5 nitrogen and oxygen atoms in total. The topological polar surface area (TPSA) is 64.1 Å². The SMILES string of the molecule is CCCCOc1cccc(C(=O)Nc2nnc(SCc3ccc(F)cc3)s2)c1. The Balaban J connectivity index is 1.54. The van der Waals surface area contributed by atoms with Crippen molar-refractivity contribution in [1.82, 2.24) is 10.2 Å².